The third kappa shape index (κ3) is 5.34. The minimum Gasteiger partial charge on any atom is -0.455 e. The molecule has 0 amide bonds. The largest absolute Gasteiger partial charge is 0.455 e. The van der Waals surface area contributed by atoms with Gasteiger partial charge in [0.25, 0.3) is 0 Å². The maximum absolute atomic E-state index is 7.07. The van der Waals surface area contributed by atoms with Crippen LogP contribution in [-0.2, 0) is 16.2 Å². The summed E-state index contributed by atoms with van der Waals surface area (Å²) in [4.78, 5) is 0. The summed E-state index contributed by atoms with van der Waals surface area (Å²) in [7, 11) is 1.08. The van der Waals surface area contributed by atoms with E-state index in [4.69, 9.17) is 4.74 Å². The summed E-state index contributed by atoms with van der Waals surface area (Å²) >= 11 is 0. The van der Waals surface area contributed by atoms with E-state index in [1.807, 2.05) is 0 Å². The zero-order valence-corrected chi connectivity index (χ0v) is 26.0. The van der Waals surface area contributed by atoms with E-state index in [2.05, 4.69) is 140 Å². The van der Waals surface area contributed by atoms with E-state index in [0.29, 0.717) is 17.2 Å². The number of hydrogen-bond acceptors (Lipinski definition) is 1. The lowest BCUT2D eigenvalue weighted by Gasteiger charge is -2.39. The minimum atomic E-state index is -0.183. The molecule has 0 radical (unpaired) electrons. The Bertz CT molecular complexity index is 1350. The number of benzene rings is 4. The first-order valence-electron chi connectivity index (χ1n) is 13.5. The van der Waals surface area contributed by atoms with Gasteiger partial charge in [-0.3, -0.25) is 0 Å². The fourth-order valence-corrected chi connectivity index (χ4v) is 7.45. The Morgan fingerprint density at radius 1 is 0.553 bits per heavy atom. The highest BCUT2D eigenvalue weighted by Gasteiger charge is 2.39. The van der Waals surface area contributed by atoms with Gasteiger partial charge in [0.1, 0.15) is 11.5 Å². The van der Waals surface area contributed by atoms with E-state index in [0.717, 1.165) is 11.5 Å². The first-order valence-corrected chi connectivity index (χ1v) is 15.5. The Morgan fingerprint density at radius 3 is 1.26 bits per heavy atom. The maximum atomic E-state index is 7.07. The SMILES string of the molecule is CC(C)(C)c1cc(Pc2ccccc2)c2c(c1)C(C)(C)c1cc(C(C)(C)C)cc(Pc3ccccc3)c1O2. The van der Waals surface area contributed by atoms with Crippen molar-refractivity contribution in [3.63, 3.8) is 0 Å². The summed E-state index contributed by atoms with van der Waals surface area (Å²) in [5, 5.41) is 5.27. The number of rotatable bonds is 4. The van der Waals surface area contributed by atoms with Crippen molar-refractivity contribution in [3.05, 3.63) is 107 Å². The lowest BCUT2D eigenvalue weighted by atomic mass is 9.72. The van der Waals surface area contributed by atoms with Crippen LogP contribution in [0.3, 0.4) is 0 Å². The van der Waals surface area contributed by atoms with Gasteiger partial charge >= 0.3 is 0 Å². The van der Waals surface area contributed by atoms with E-state index in [-0.39, 0.29) is 16.2 Å². The van der Waals surface area contributed by atoms with Crippen LogP contribution in [0.1, 0.15) is 77.6 Å². The topological polar surface area (TPSA) is 9.23 Å². The van der Waals surface area contributed by atoms with E-state index in [9.17, 15) is 0 Å². The Hall–Kier alpha value is -2.46. The molecular weight excluding hydrogens is 498 g/mol. The number of hydrogen-bond donors (Lipinski definition) is 0. The normalized spacial score (nSPS) is 15.1. The Labute approximate surface area is 233 Å². The molecule has 2 unspecified atom stereocenters. The van der Waals surface area contributed by atoms with E-state index in [1.54, 1.807) is 0 Å². The van der Waals surface area contributed by atoms with Crippen LogP contribution >= 0.6 is 17.2 Å². The van der Waals surface area contributed by atoms with Crippen LogP contribution in [0.5, 0.6) is 11.5 Å². The molecule has 0 bridgehead atoms. The van der Waals surface area contributed by atoms with Gasteiger partial charge in [0.05, 0.1) is 0 Å². The average Bonchev–Trinajstić information content (AvgIpc) is 2.85. The Kier molecular flexibility index (Phi) is 7.09. The lowest BCUT2D eigenvalue weighted by Crippen LogP contribution is -2.32. The van der Waals surface area contributed by atoms with E-state index >= 15 is 0 Å². The molecule has 1 nitrogen and oxygen atoms in total. The first-order chi connectivity index (χ1) is 17.8. The van der Waals surface area contributed by atoms with Gasteiger partial charge in [0.15, 0.2) is 0 Å². The minimum absolute atomic E-state index is 0.0500. The van der Waals surface area contributed by atoms with Gasteiger partial charge < -0.3 is 4.74 Å². The van der Waals surface area contributed by atoms with E-state index in [1.165, 1.54) is 43.5 Å². The third-order valence-corrected chi connectivity index (χ3v) is 10.1. The van der Waals surface area contributed by atoms with Gasteiger partial charge in [-0.05, 0) is 44.7 Å². The molecule has 196 valence electrons. The highest BCUT2D eigenvalue weighted by Crippen LogP contribution is 2.50. The molecule has 1 aliphatic rings. The van der Waals surface area contributed by atoms with Crippen molar-refractivity contribution in [2.45, 2.75) is 71.6 Å². The predicted octanol–water partition coefficient (Wildman–Crippen LogP) is 7.97. The smallest absolute Gasteiger partial charge is 0.139 e. The molecule has 0 aromatic heterocycles. The van der Waals surface area contributed by atoms with Crippen LogP contribution < -0.4 is 26.0 Å². The quantitative estimate of drug-likeness (QED) is 0.240. The van der Waals surface area contributed by atoms with Gasteiger partial charge in [-0.15, -0.1) is 0 Å². The second-order valence-corrected chi connectivity index (χ2v) is 15.7. The Morgan fingerprint density at radius 2 is 0.921 bits per heavy atom. The van der Waals surface area contributed by atoms with Crippen LogP contribution in [0.15, 0.2) is 84.9 Å². The van der Waals surface area contributed by atoms with E-state index < -0.39 is 0 Å². The van der Waals surface area contributed by atoms with Crippen molar-refractivity contribution in [3.8, 4) is 11.5 Å². The van der Waals surface area contributed by atoms with Crippen LogP contribution in [0, 0.1) is 0 Å². The van der Waals surface area contributed by atoms with Crippen LogP contribution in [0.4, 0.5) is 0 Å². The van der Waals surface area contributed by atoms with Gasteiger partial charge in [0, 0.05) is 27.2 Å². The van der Waals surface area contributed by atoms with Crippen molar-refractivity contribution in [2.24, 2.45) is 0 Å². The van der Waals surface area contributed by atoms with Crippen LogP contribution in [0.25, 0.3) is 0 Å². The molecule has 4 aromatic carbocycles. The highest BCUT2D eigenvalue weighted by atomic mass is 31.1. The summed E-state index contributed by atoms with van der Waals surface area (Å²) < 4.78 is 7.07. The number of ether oxygens (including phenoxy) is 1. The zero-order valence-electron chi connectivity index (χ0n) is 24.0. The molecule has 0 saturated heterocycles. The van der Waals surface area contributed by atoms with Crippen molar-refractivity contribution >= 4 is 38.4 Å². The van der Waals surface area contributed by atoms with Crippen LogP contribution in [-0.4, -0.2) is 0 Å². The fraction of sp³-hybridized carbons (Fsp3) is 0.314. The molecule has 0 saturated carbocycles. The summed E-state index contributed by atoms with van der Waals surface area (Å²) in [5.74, 6) is 2.11. The molecule has 0 fully saturated rings. The fourth-order valence-electron chi connectivity index (χ4n) is 5.06. The molecule has 3 heteroatoms. The zero-order chi connectivity index (χ0) is 27.3. The second kappa shape index (κ2) is 9.93. The summed E-state index contributed by atoms with van der Waals surface area (Å²) in [6.07, 6.45) is 0. The molecule has 0 aliphatic carbocycles. The molecular formula is C35H40OP2. The maximum Gasteiger partial charge on any atom is 0.139 e. The molecule has 4 aromatic rings. The molecule has 38 heavy (non-hydrogen) atoms. The van der Waals surface area contributed by atoms with Crippen molar-refractivity contribution in [1.29, 1.82) is 0 Å². The molecule has 1 aliphatic heterocycles. The van der Waals surface area contributed by atoms with Crippen molar-refractivity contribution < 1.29 is 4.74 Å². The Balaban J connectivity index is 1.74. The standard InChI is InChI=1S/C35H40OP2/c1-33(2,3)23-19-27-31(29(21-23)37-25-15-11-9-12-16-25)36-32-28(35(27,7)8)20-24(34(4,5)6)22-30(32)38-26-17-13-10-14-18-26/h9-22,37-38H,1-8H3. The van der Waals surface area contributed by atoms with Gasteiger partial charge in [-0.1, -0.05) is 145 Å². The lowest BCUT2D eigenvalue weighted by molar-refractivity contribution is 0.422. The third-order valence-electron chi connectivity index (χ3n) is 7.57. The second-order valence-electron chi connectivity index (χ2n) is 13.0. The molecule has 1 heterocycles. The van der Waals surface area contributed by atoms with Crippen LogP contribution in [0.2, 0.25) is 0 Å². The molecule has 5 rings (SSSR count). The summed E-state index contributed by atoms with van der Waals surface area (Å²) in [5.41, 5.74) is 5.26. The van der Waals surface area contributed by atoms with Crippen molar-refractivity contribution in [1.82, 2.24) is 0 Å². The van der Waals surface area contributed by atoms with Crippen molar-refractivity contribution in [2.75, 3.05) is 0 Å². The molecule has 2 atom stereocenters. The first kappa shape index (κ1) is 27.1. The average molecular weight is 539 g/mol. The van der Waals surface area contributed by atoms with Gasteiger partial charge in [0.2, 0.25) is 0 Å². The summed E-state index contributed by atoms with van der Waals surface area (Å²) in [6.45, 7) is 18.6. The highest BCUT2D eigenvalue weighted by molar-refractivity contribution is 7.56. The molecule has 0 spiro atoms. The predicted molar refractivity (Wildman–Crippen MR) is 171 cm³/mol. The van der Waals surface area contributed by atoms with Gasteiger partial charge in [-0.25, -0.2) is 0 Å². The monoisotopic (exact) mass is 538 g/mol. The molecule has 0 N–H and O–H groups in total. The number of fused-ring (bicyclic) bond motifs is 2. The van der Waals surface area contributed by atoms with Gasteiger partial charge in [-0.2, -0.15) is 0 Å². The summed E-state index contributed by atoms with van der Waals surface area (Å²) in [6, 6.07) is 31.3.